The van der Waals surface area contributed by atoms with Gasteiger partial charge in [-0.1, -0.05) is 53.7 Å². The highest BCUT2D eigenvalue weighted by Gasteiger charge is 2.22. The molecule has 0 atom stereocenters. The number of hydrogen-bond acceptors (Lipinski definition) is 6. The van der Waals surface area contributed by atoms with Crippen LogP contribution in [0.5, 0.6) is 0 Å². The highest BCUT2D eigenvalue weighted by molar-refractivity contribution is 6.06. The molecule has 0 aliphatic heterocycles. The molecule has 0 aliphatic rings. The van der Waals surface area contributed by atoms with Crippen LogP contribution in [0.4, 0.5) is 5.82 Å². The fourth-order valence-electron chi connectivity index (χ4n) is 3.33. The molecule has 2 heterocycles. The molecule has 162 valence electrons. The maximum atomic E-state index is 13.2. The van der Waals surface area contributed by atoms with Crippen LogP contribution in [0.3, 0.4) is 0 Å². The minimum absolute atomic E-state index is 0.101. The zero-order chi connectivity index (χ0) is 22.7. The predicted molar refractivity (Wildman–Crippen MR) is 118 cm³/mol. The second-order valence-electron chi connectivity index (χ2n) is 7.37. The van der Waals surface area contributed by atoms with E-state index in [2.05, 4.69) is 15.6 Å². The number of amides is 2. The molecule has 9 nitrogen and oxygen atoms in total. The number of aryl methyl sites for hydroxylation is 1. The smallest absolute Gasteiger partial charge is 0.275 e. The van der Waals surface area contributed by atoms with E-state index >= 15 is 0 Å². The van der Waals surface area contributed by atoms with Gasteiger partial charge in [0.2, 0.25) is 5.91 Å². The number of anilines is 1. The van der Waals surface area contributed by atoms with Gasteiger partial charge in [-0.3, -0.25) is 14.4 Å². The van der Waals surface area contributed by atoms with E-state index in [1.165, 1.54) is 16.6 Å². The zero-order valence-electron chi connectivity index (χ0n) is 17.6. The third-order valence-corrected chi connectivity index (χ3v) is 4.87. The lowest BCUT2D eigenvalue weighted by molar-refractivity contribution is -0.116. The largest absolute Gasteiger partial charge is 0.360 e. The number of likely N-dealkylation sites (N-methyl/N-ethyl adjacent to an activating group) is 1. The highest BCUT2D eigenvalue weighted by Crippen LogP contribution is 2.16. The quantitative estimate of drug-likeness (QED) is 0.502. The van der Waals surface area contributed by atoms with Crippen LogP contribution >= 0.6 is 0 Å². The van der Waals surface area contributed by atoms with Gasteiger partial charge in [0.25, 0.3) is 11.5 Å². The summed E-state index contributed by atoms with van der Waals surface area (Å²) in [4.78, 5) is 39.7. The van der Waals surface area contributed by atoms with E-state index in [9.17, 15) is 14.4 Å². The minimum atomic E-state index is -0.477. The van der Waals surface area contributed by atoms with Gasteiger partial charge < -0.3 is 14.7 Å². The SMILES string of the molecule is Cc1cc(NC(=O)CN(C)C(=O)c2nn(Cc3ccccc3)c(=O)c3ccccc23)no1. The number of hydrogen-bond donors (Lipinski definition) is 1. The molecule has 2 aromatic heterocycles. The third-order valence-electron chi connectivity index (χ3n) is 4.87. The number of benzene rings is 2. The molecule has 32 heavy (non-hydrogen) atoms. The first kappa shape index (κ1) is 21.0. The lowest BCUT2D eigenvalue weighted by Crippen LogP contribution is -2.37. The first-order chi connectivity index (χ1) is 15.4. The summed E-state index contributed by atoms with van der Waals surface area (Å²) >= 11 is 0. The molecule has 2 amide bonds. The average molecular weight is 431 g/mol. The maximum absolute atomic E-state index is 13.2. The molecule has 1 N–H and O–H groups in total. The third kappa shape index (κ3) is 4.41. The van der Waals surface area contributed by atoms with E-state index < -0.39 is 11.8 Å². The van der Waals surface area contributed by atoms with Crippen LogP contribution in [0.25, 0.3) is 10.8 Å². The van der Waals surface area contributed by atoms with Gasteiger partial charge in [0.15, 0.2) is 11.5 Å². The van der Waals surface area contributed by atoms with Crippen molar-refractivity contribution >= 4 is 28.4 Å². The number of carbonyl (C=O) groups excluding carboxylic acids is 2. The van der Waals surface area contributed by atoms with E-state index in [0.717, 1.165) is 5.56 Å². The van der Waals surface area contributed by atoms with Crippen molar-refractivity contribution in [1.82, 2.24) is 19.8 Å². The summed E-state index contributed by atoms with van der Waals surface area (Å²) in [5, 5.41) is 11.5. The van der Waals surface area contributed by atoms with E-state index in [1.54, 1.807) is 37.3 Å². The van der Waals surface area contributed by atoms with Gasteiger partial charge in [-0.15, -0.1) is 0 Å². The molecule has 0 saturated carbocycles. The molecule has 2 aromatic carbocycles. The first-order valence-electron chi connectivity index (χ1n) is 9.95. The van der Waals surface area contributed by atoms with Crippen molar-refractivity contribution in [2.75, 3.05) is 18.9 Å². The lowest BCUT2D eigenvalue weighted by Gasteiger charge is -2.18. The van der Waals surface area contributed by atoms with Crippen LogP contribution in [-0.2, 0) is 11.3 Å². The van der Waals surface area contributed by atoms with Crippen molar-refractivity contribution in [3.05, 3.63) is 88.0 Å². The molecule has 4 rings (SSSR count). The average Bonchev–Trinajstić information content (AvgIpc) is 3.20. The normalized spacial score (nSPS) is 10.8. The van der Waals surface area contributed by atoms with Crippen molar-refractivity contribution in [1.29, 1.82) is 0 Å². The first-order valence-corrected chi connectivity index (χ1v) is 9.95. The van der Waals surface area contributed by atoms with E-state index in [4.69, 9.17) is 4.52 Å². The summed E-state index contributed by atoms with van der Waals surface area (Å²) in [6.07, 6.45) is 0. The second kappa shape index (κ2) is 8.84. The van der Waals surface area contributed by atoms with Crippen molar-refractivity contribution in [2.24, 2.45) is 0 Å². The summed E-state index contributed by atoms with van der Waals surface area (Å²) in [5.74, 6) is -0.0834. The van der Waals surface area contributed by atoms with Crippen LogP contribution in [0.2, 0.25) is 0 Å². The summed E-state index contributed by atoms with van der Waals surface area (Å²) in [7, 11) is 1.50. The Morgan fingerprint density at radius 2 is 1.75 bits per heavy atom. The Morgan fingerprint density at radius 3 is 2.44 bits per heavy atom. The molecule has 0 radical (unpaired) electrons. The number of rotatable bonds is 6. The molecular formula is C23H21N5O4. The molecule has 0 fully saturated rings. The Kier molecular flexibility index (Phi) is 5.80. The van der Waals surface area contributed by atoms with Gasteiger partial charge in [0.05, 0.1) is 18.5 Å². The minimum Gasteiger partial charge on any atom is -0.360 e. The van der Waals surface area contributed by atoms with E-state index in [-0.39, 0.29) is 30.2 Å². The summed E-state index contributed by atoms with van der Waals surface area (Å²) in [6.45, 7) is 1.71. The van der Waals surface area contributed by atoms with Crippen LogP contribution in [0.15, 0.2) is 70.0 Å². The highest BCUT2D eigenvalue weighted by atomic mass is 16.5. The Hall–Kier alpha value is -4.27. The maximum Gasteiger partial charge on any atom is 0.275 e. The molecule has 9 heteroatoms. The zero-order valence-corrected chi connectivity index (χ0v) is 17.6. The molecule has 0 bridgehead atoms. The molecule has 4 aromatic rings. The predicted octanol–water partition coefficient (Wildman–Crippen LogP) is 2.45. The fourth-order valence-corrected chi connectivity index (χ4v) is 3.33. The van der Waals surface area contributed by atoms with Crippen LogP contribution in [0.1, 0.15) is 21.8 Å². The Balaban J connectivity index is 1.63. The number of carbonyl (C=O) groups is 2. The Morgan fingerprint density at radius 1 is 1.06 bits per heavy atom. The van der Waals surface area contributed by atoms with Crippen molar-refractivity contribution in [3.8, 4) is 0 Å². The summed E-state index contributed by atoms with van der Waals surface area (Å²) in [5.41, 5.74) is 0.693. The van der Waals surface area contributed by atoms with Crippen LogP contribution < -0.4 is 10.9 Å². The molecule has 0 unspecified atom stereocenters. The molecular weight excluding hydrogens is 410 g/mol. The van der Waals surface area contributed by atoms with Gasteiger partial charge in [0.1, 0.15) is 5.76 Å². The molecule has 0 aliphatic carbocycles. The van der Waals surface area contributed by atoms with Gasteiger partial charge in [-0.2, -0.15) is 5.10 Å². The van der Waals surface area contributed by atoms with E-state index in [1.807, 2.05) is 30.3 Å². The molecule has 0 spiro atoms. The van der Waals surface area contributed by atoms with Crippen LogP contribution in [0, 0.1) is 6.92 Å². The molecule has 0 saturated heterocycles. The number of aromatic nitrogens is 3. The summed E-state index contributed by atoms with van der Waals surface area (Å²) in [6, 6.07) is 17.8. The number of fused-ring (bicyclic) bond motifs is 1. The standard InChI is InChI=1S/C23H21N5O4/c1-15-12-19(26-32-15)24-20(29)14-27(2)23(31)21-17-10-6-7-11-18(17)22(30)28(25-21)13-16-8-4-3-5-9-16/h3-12H,13-14H2,1-2H3,(H,24,26,29). The van der Waals surface area contributed by atoms with Crippen LogP contribution in [-0.4, -0.2) is 45.2 Å². The van der Waals surface area contributed by atoms with E-state index in [0.29, 0.717) is 16.5 Å². The van der Waals surface area contributed by atoms with Crippen molar-refractivity contribution in [3.63, 3.8) is 0 Å². The number of nitrogens with zero attached hydrogens (tertiary/aromatic N) is 4. The Labute approximate surface area is 183 Å². The fraction of sp³-hybridized carbons (Fsp3) is 0.174. The second-order valence-corrected chi connectivity index (χ2v) is 7.37. The topological polar surface area (TPSA) is 110 Å². The monoisotopic (exact) mass is 431 g/mol. The summed E-state index contributed by atoms with van der Waals surface area (Å²) < 4.78 is 6.20. The lowest BCUT2D eigenvalue weighted by atomic mass is 10.1. The Bertz CT molecular complexity index is 1340. The van der Waals surface area contributed by atoms with Gasteiger partial charge in [-0.05, 0) is 18.6 Å². The van der Waals surface area contributed by atoms with Crippen molar-refractivity contribution < 1.29 is 14.1 Å². The van der Waals surface area contributed by atoms with Gasteiger partial charge in [0, 0.05) is 18.5 Å². The van der Waals surface area contributed by atoms with Gasteiger partial charge >= 0.3 is 0 Å². The number of nitrogens with one attached hydrogen (secondary N) is 1. The van der Waals surface area contributed by atoms with Gasteiger partial charge in [-0.25, -0.2) is 4.68 Å². The van der Waals surface area contributed by atoms with Crippen molar-refractivity contribution in [2.45, 2.75) is 13.5 Å².